The summed E-state index contributed by atoms with van der Waals surface area (Å²) in [5.41, 5.74) is 0. The lowest BCUT2D eigenvalue weighted by molar-refractivity contribution is -0.142. The fourth-order valence-electron chi connectivity index (χ4n) is 8.09. The van der Waals surface area contributed by atoms with Crippen LogP contribution in [0.25, 0.3) is 0 Å². The highest BCUT2D eigenvalue weighted by atomic mass is 32.1. The minimum Gasteiger partial charge on any atom is -0.481 e. The van der Waals surface area contributed by atoms with Crippen molar-refractivity contribution in [1.29, 1.82) is 0 Å². The number of aliphatic hydroxyl groups is 16. The van der Waals surface area contributed by atoms with Crippen LogP contribution in [0.5, 0.6) is 0 Å². The van der Waals surface area contributed by atoms with Gasteiger partial charge in [-0.15, -0.1) is 0 Å². The Labute approximate surface area is 516 Å². The summed E-state index contributed by atoms with van der Waals surface area (Å²) in [4.78, 5) is 155. The highest BCUT2D eigenvalue weighted by Crippen LogP contribution is 2.17. The van der Waals surface area contributed by atoms with Gasteiger partial charge in [-0.2, -0.15) is 12.6 Å². The summed E-state index contributed by atoms with van der Waals surface area (Å²) in [5, 5.41) is 218. The van der Waals surface area contributed by atoms with Crippen LogP contribution in [0.3, 0.4) is 0 Å². The van der Waals surface area contributed by atoms with E-state index in [1.807, 2.05) is 31.9 Å². The molecule has 0 aromatic rings. The fraction of sp³-hybridized carbons (Fsp3) is 0.755. The molecule has 0 aromatic carbocycles. The standard InChI is InChI=1S/C49H84N8O32S/c1-2-30(66)53-21(38(77)42(81)26(62)13-58)9-31(67)50-18(3-6-35(71)72)46(85)55-22(39(78)43(82)27(63)14-59)10-32(68)51-19(4-7-36(73)74)47(86)56-23(40(79)44(83)28(64)15-60)11-33(69)52-20(5-8-37(75)76)48(87)57-24(41(80)45(84)29(65)16-61)12-34(70)54-25(17-90)49(88)89/h18-29,38-45,58-65,77-84,90H,2-17H2,1H3,(H,50,67)(H,51,68)(H,52,69)(H,53,66)(H,54,70)(H,55,85)(H,56,86)(H,57,87)(H,71,72)(H,73,74)(H,75,76)(H,88,89)/t18-,19-,20-,21+,22+,23+,24+,25-,26+,27+,28+,29+,38+,39+,40+,41+,42+,43+,44+,45+/m0/s1. The van der Waals surface area contributed by atoms with Gasteiger partial charge in [-0.1, -0.05) is 6.92 Å². The van der Waals surface area contributed by atoms with Crippen LogP contribution < -0.4 is 42.5 Å². The van der Waals surface area contributed by atoms with Crippen LogP contribution in [0.15, 0.2) is 0 Å². The molecular formula is C49H84N8O32S. The van der Waals surface area contributed by atoms with Gasteiger partial charge < -0.3 is 145 Å². The summed E-state index contributed by atoms with van der Waals surface area (Å²) in [6.45, 7) is -3.59. The number of thiol groups is 1. The molecular weight excluding hydrogens is 1240 g/mol. The van der Waals surface area contributed by atoms with E-state index in [1.165, 1.54) is 6.92 Å². The number of carboxylic acids is 4. The lowest BCUT2D eigenvalue weighted by atomic mass is 9.96. The van der Waals surface area contributed by atoms with Gasteiger partial charge in [-0.05, 0) is 19.3 Å². The molecule has 41 heteroatoms. The molecule has 0 saturated carbocycles. The van der Waals surface area contributed by atoms with Crippen molar-refractivity contribution in [2.24, 2.45) is 0 Å². The van der Waals surface area contributed by atoms with Crippen LogP contribution in [0.2, 0.25) is 0 Å². The number of nitrogens with one attached hydrogen (secondary N) is 8. The zero-order valence-electron chi connectivity index (χ0n) is 48.2. The molecule has 0 aromatic heterocycles. The van der Waals surface area contributed by atoms with E-state index < -0.39 is 289 Å². The average Bonchev–Trinajstić information content (AvgIpc) is 2.79. The molecule has 0 radical (unpaired) electrons. The quantitative estimate of drug-likeness (QED) is 0.0252. The molecule has 0 bridgehead atoms. The molecule has 28 N–H and O–H groups in total. The second kappa shape index (κ2) is 42.4. The van der Waals surface area contributed by atoms with Gasteiger partial charge >= 0.3 is 23.9 Å². The normalized spacial score (nSPS) is 18.2. The van der Waals surface area contributed by atoms with Gasteiger partial charge in [0.2, 0.25) is 47.3 Å². The lowest BCUT2D eigenvalue weighted by Gasteiger charge is -2.32. The summed E-state index contributed by atoms with van der Waals surface area (Å²) in [5.74, 6) is -18.0. The van der Waals surface area contributed by atoms with Gasteiger partial charge in [0.1, 0.15) is 97.4 Å². The number of rotatable bonds is 47. The van der Waals surface area contributed by atoms with Crippen LogP contribution in [0, 0.1) is 0 Å². The van der Waals surface area contributed by atoms with E-state index in [-0.39, 0.29) is 6.42 Å². The van der Waals surface area contributed by atoms with Crippen molar-refractivity contribution in [2.45, 2.75) is 199 Å². The van der Waals surface area contributed by atoms with Crippen LogP contribution in [-0.4, -0.2) is 327 Å². The Kier molecular flexibility index (Phi) is 39.3. The lowest BCUT2D eigenvalue weighted by Crippen LogP contribution is -2.60. The molecule has 0 aliphatic rings. The molecule has 0 aliphatic carbocycles. The highest BCUT2D eigenvalue weighted by molar-refractivity contribution is 7.80. The second-order valence-electron chi connectivity index (χ2n) is 20.4. The Morgan fingerprint density at radius 3 is 0.733 bits per heavy atom. The van der Waals surface area contributed by atoms with E-state index in [0.717, 1.165) is 0 Å². The molecule has 0 aliphatic heterocycles. The zero-order valence-corrected chi connectivity index (χ0v) is 49.0. The van der Waals surface area contributed by atoms with Gasteiger partial charge in [-0.3, -0.25) is 52.7 Å². The van der Waals surface area contributed by atoms with Crippen LogP contribution in [0.4, 0.5) is 0 Å². The minimum atomic E-state index is -2.59. The van der Waals surface area contributed by atoms with Gasteiger partial charge in [0.15, 0.2) is 0 Å². The predicted octanol–water partition coefficient (Wildman–Crippen LogP) is -14.3. The summed E-state index contributed by atoms with van der Waals surface area (Å²) in [6, 6.07) is -16.4. The summed E-state index contributed by atoms with van der Waals surface area (Å²) < 4.78 is 0. The van der Waals surface area contributed by atoms with E-state index in [2.05, 4.69) is 23.3 Å². The third kappa shape index (κ3) is 30.0. The monoisotopic (exact) mass is 1330 g/mol. The molecule has 0 heterocycles. The number of hydrogen-bond acceptors (Lipinski definition) is 29. The van der Waals surface area contributed by atoms with Gasteiger partial charge in [0, 0.05) is 57.1 Å². The third-order valence-corrected chi connectivity index (χ3v) is 13.7. The molecule has 0 saturated heterocycles. The predicted molar refractivity (Wildman–Crippen MR) is 297 cm³/mol. The highest BCUT2D eigenvalue weighted by Gasteiger charge is 2.41. The van der Waals surface area contributed by atoms with Gasteiger partial charge in [0.25, 0.3) is 0 Å². The van der Waals surface area contributed by atoms with Crippen LogP contribution in [-0.2, 0) is 57.5 Å². The van der Waals surface area contributed by atoms with Gasteiger partial charge in [-0.25, -0.2) is 4.79 Å². The summed E-state index contributed by atoms with van der Waals surface area (Å²) >= 11 is 3.79. The first kappa shape index (κ1) is 83.4. The third-order valence-electron chi connectivity index (χ3n) is 13.4. The summed E-state index contributed by atoms with van der Waals surface area (Å²) in [6.07, 6.45) is -38.8. The molecule has 0 rings (SSSR count). The number of aliphatic hydroxyl groups excluding tert-OH is 16. The van der Waals surface area contributed by atoms with Crippen molar-refractivity contribution in [2.75, 3.05) is 32.2 Å². The fourth-order valence-corrected chi connectivity index (χ4v) is 8.34. The maximum atomic E-state index is 14.1. The number of hydrogen-bond donors (Lipinski definition) is 29. The van der Waals surface area contributed by atoms with Crippen molar-refractivity contribution in [3.05, 3.63) is 0 Å². The number of carbonyl (C=O) groups is 12. The first-order chi connectivity index (χ1) is 41.9. The Morgan fingerprint density at radius 2 is 0.544 bits per heavy atom. The van der Waals surface area contributed by atoms with Gasteiger partial charge in [0.05, 0.1) is 50.6 Å². The molecule has 518 valence electrons. The largest absolute Gasteiger partial charge is 0.481 e. The van der Waals surface area contributed by atoms with Crippen molar-refractivity contribution in [3.8, 4) is 0 Å². The Morgan fingerprint density at radius 1 is 0.322 bits per heavy atom. The van der Waals surface area contributed by atoms with Crippen LogP contribution in [0.1, 0.15) is 77.6 Å². The maximum Gasteiger partial charge on any atom is 0.327 e. The number of carboxylic acid groups (broad SMARTS) is 4. The van der Waals surface area contributed by atoms with Crippen LogP contribution >= 0.6 is 12.6 Å². The Balaban J connectivity index is 7.39. The topological polar surface area (TPSA) is 706 Å². The van der Waals surface area contributed by atoms with Crippen molar-refractivity contribution in [3.63, 3.8) is 0 Å². The maximum absolute atomic E-state index is 14.1. The van der Waals surface area contributed by atoms with E-state index in [0.29, 0.717) is 0 Å². The molecule has 0 fully saturated rings. The van der Waals surface area contributed by atoms with E-state index >= 15 is 0 Å². The molecule has 0 unspecified atom stereocenters. The van der Waals surface area contributed by atoms with E-state index in [9.17, 15) is 160 Å². The molecule has 20 atom stereocenters. The SMILES string of the molecule is CCC(=O)N[C@H](CC(=O)N[C@@H](CCC(=O)O)C(=O)N[C@H](CC(=O)N[C@@H](CCC(=O)O)C(=O)N[C@H](CC(=O)N[C@@H](CCC(=O)O)C(=O)N[C@H](CC(=O)N[C@@H](CS)C(=O)O)[C@@H](O)[C@H](O)[C@H](O)CO)[C@@H](O)[C@H](O)[C@H](O)CO)[C@@H](O)[C@H](O)[C@H](O)CO)[C@@H](O)[C@H](O)[C@H](O)CO. The smallest absolute Gasteiger partial charge is 0.327 e. The summed E-state index contributed by atoms with van der Waals surface area (Å²) in [7, 11) is 0. The number of aliphatic carboxylic acids is 4. The molecule has 90 heavy (non-hydrogen) atoms. The van der Waals surface area contributed by atoms with E-state index in [4.69, 9.17) is 0 Å². The van der Waals surface area contributed by atoms with Crippen molar-refractivity contribution >= 4 is 83.8 Å². The van der Waals surface area contributed by atoms with Crippen molar-refractivity contribution in [1.82, 2.24) is 42.5 Å². The molecule has 40 nitrogen and oxygen atoms in total. The first-order valence-corrected chi connectivity index (χ1v) is 28.1. The number of carbonyl (C=O) groups excluding carboxylic acids is 8. The minimum absolute atomic E-state index is 0.268. The Hall–Kier alpha value is -6.65. The van der Waals surface area contributed by atoms with Crippen molar-refractivity contribution < 1.29 is 160 Å². The second-order valence-corrected chi connectivity index (χ2v) is 20.8. The molecule has 8 amide bonds. The Bertz CT molecular complexity index is 2350. The average molecular weight is 1330 g/mol. The first-order valence-electron chi connectivity index (χ1n) is 27.4. The number of amides is 8. The zero-order chi connectivity index (χ0) is 69.4. The molecule has 0 spiro atoms. The van der Waals surface area contributed by atoms with E-state index in [1.54, 1.807) is 0 Å².